The Morgan fingerprint density at radius 1 is 1.46 bits per heavy atom. The van der Waals surface area contributed by atoms with Crippen LogP contribution in [0.15, 0.2) is 41.4 Å². The van der Waals surface area contributed by atoms with E-state index >= 15 is 0 Å². The van der Waals surface area contributed by atoms with Crippen molar-refractivity contribution in [3.63, 3.8) is 0 Å². The van der Waals surface area contributed by atoms with Crippen molar-refractivity contribution in [2.75, 3.05) is 0 Å². The van der Waals surface area contributed by atoms with Crippen molar-refractivity contribution in [3.05, 3.63) is 42.0 Å². The molecule has 0 amide bonds. The van der Waals surface area contributed by atoms with Gasteiger partial charge in [-0.15, -0.1) is 0 Å². The van der Waals surface area contributed by atoms with Gasteiger partial charge in [-0.05, 0) is 30.5 Å². The number of benzene rings is 1. The van der Waals surface area contributed by atoms with Gasteiger partial charge in [0.05, 0.1) is 5.69 Å². The summed E-state index contributed by atoms with van der Waals surface area (Å²) in [6.07, 6.45) is 2.79. The van der Waals surface area contributed by atoms with Crippen LogP contribution in [0.3, 0.4) is 0 Å². The van der Waals surface area contributed by atoms with Crippen LogP contribution in [0.2, 0.25) is 0 Å². The van der Waals surface area contributed by atoms with E-state index in [1.165, 1.54) is 5.56 Å². The van der Waals surface area contributed by atoms with Crippen LogP contribution < -0.4 is 0 Å². The molecule has 1 nitrogen and oxygen atoms in total. The van der Waals surface area contributed by atoms with Gasteiger partial charge in [0.2, 0.25) is 0 Å². The van der Waals surface area contributed by atoms with E-state index in [9.17, 15) is 0 Å². The lowest BCUT2D eigenvalue weighted by Crippen LogP contribution is -1.79. The summed E-state index contributed by atoms with van der Waals surface area (Å²) in [5.74, 6) is 0. The Morgan fingerprint density at radius 2 is 2.15 bits per heavy atom. The topological polar surface area (TPSA) is 12.4 Å². The van der Waals surface area contributed by atoms with Gasteiger partial charge in [0.1, 0.15) is 0 Å². The zero-order valence-corrected chi connectivity index (χ0v) is 8.25. The number of hydrogen-bond acceptors (Lipinski definition) is 1. The van der Waals surface area contributed by atoms with Gasteiger partial charge in [0.15, 0.2) is 0 Å². The smallest absolute Gasteiger partial charge is 0.0658 e. The van der Waals surface area contributed by atoms with E-state index in [1.807, 2.05) is 24.4 Å². The van der Waals surface area contributed by atoms with Crippen molar-refractivity contribution in [1.82, 2.24) is 0 Å². The number of rotatable bonds is 3. The summed E-state index contributed by atoms with van der Waals surface area (Å²) in [6, 6.07) is 8.08. The van der Waals surface area contributed by atoms with Crippen LogP contribution in [-0.2, 0) is 0 Å². The molecule has 0 saturated carbocycles. The predicted octanol–water partition coefficient (Wildman–Crippen LogP) is 3.66. The van der Waals surface area contributed by atoms with Crippen LogP contribution in [0.5, 0.6) is 0 Å². The van der Waals surface area contributed by atoms with Crippen LogP contribution >= 0.6 is 0 Å². The third kappa shape index (κ3) is 2.86. The molecule has 1 aromatic carbocycles. The van der Waals surface area contributed by atoms with Gasteiger partial charge < -0.3 is 0 Å². The van der Waals surface area contributed by atoms with E-state index in [4.69, 9.17) is 0 Å². The largest absolute Gasteiger partial charge is 0.256 e. The van der Waals surface area contributed by atoms with Gasteiger partial charge in [-0.2, -0.15) is 0 Å². The molecule has 68 valence electrons. The molecule has 0 radical (unpaired) electrons. The number of hydrogen-bond donors (Lipinski definition) is 0. The molecule has 0 spiro atoms. The summed E-state index contributed by atoms with van der Waals surface area (Å²) in [5.41, 5.74) is 3.28. The maximum Gasteiger partial charge on any atom is 0.0658 e. The van der Waals surface area contributed by atoms with E-state index in [0.717, 1.165) is 17.7 Å². The molecule has 0 bridgehead atoms. The molecule has 0 fully saturated rings. The van der Waals surface area contributed by atoms with E-state index in [0.29, 0.717) is 0 Å². The number of para-hydroxylation sites is 1. The quantitative estimate of drug-likeness (QED) is 0.618. The Bertz CT molecular complexity index is 324. The molecular weight excluding hydrogens is 158 g/mol. The molecule has 13 heavy (non-hydrogen) atoms. The molecule has 0 aliphatic rings. The second-order valence-corrected chi connectivity index (χ2v) is 3.06. The molecule has 0 saturated heterocycles. The molecule has 0 aliphatic carbocycles. The highest BCUT2D eigenvalue weighted by atomic mass is 14.7. The average Bonchev–Trinajstić information content (AvgIpc) is 2.16. The Hall–Kier alpha value is -1.37. The average molecular weight is 173 g/mol. The monoisotopic (exact) mass is 173 g/mol. The van der Waals surface area contributed by atoms with Gasteiger partial charge in [-0.25, -0.2) is 0 Å². The maximum absolute atomic E-state index is 4.35. The Labute approximate surface area is 79.8 Å². The zero-order chi connectivity index (χ0) is 9.68. The number of aliphatic imine (C=N–C) groups is 1. The van der Waals surface area contributed by atoms with Gasteiger partial charge in [-0.1, -0.05) is 31.7 Å². The highest BCUT2D eigenvalue weighted by Gasteiger charge is 1.91. The van der Waals surface area contributed by atoms with Crippen molar-refractivity contribution in [2.24, 2.45) is 4.99 Å². The highest BCUT2D eigenvalue weighted by Crippen LogP contribution is 2.16. The summed E-state index contributed by atoms with van der Waals surface area (Å²) in [6.45, 7) is 8.00. The van der Waals surface area contributed by atoms with Gasteiger partial charge >= 0.3 is 0 Å². The minimum absolute atomic E-state index is 0.954. The first kappa shape index (κ1) is 9.72. The summed E-state index contributed by atoms with van der Waals surface area (Å²) < 4.78 is 0. The van der Waals surface area contributed by atoms with Gasteiger partial charge in [0, 0.05) is 6.21 Å². The number of aryl methyl sites for hydroxylation is 1. The zero-order valence-electron chi connectivity index (χ0n) is 8.25. The molecule has 0 heterocycles. The minimum Gasteiger partial charge on any atom is -0.256 e. The summed E-state index contributed by atoms with van der Waals surface area (Å²) in [5, 5.41) is 0. The van der Waals surface area contributed by atoms with Crippen molar-refractivity contribution in [2.45, 2.75) is 20.3 Å². The van der Waals surface area contributed by atoms with Crippen molar-refractivity contribution in [1.29, 1.82) is 0 Å². The number of allylic oxidation sites excluding steroid dienone is 1. The highest BCUT2D eigenvalue weighted by molar-refractivity contribution is 5.80. The fourth-order valence-electron chi connectivity index (χ4n) is 0.960. The van der Waals surface area contributed by atoms with Crippen LogP contribution in [0.25, 0.3) is 0 Å². The Morgan fingerprint density at radius 3 is 2.77 bits per heavy atom. The first-order valence-corrected chi connectivity index (χ1v) is 4.51. The summed E-state index contributed by atoms with van der Waals surface area (Å²) in [7, 11) is 0. The lowest BCUT2D eigenvalue weighted by atomic mass is 10.2. The summed E-state index contributed by atoms with van der Waals surface area (Å²) in [4.78, 5) is 4.35. The first-order valence-electron chi connectivity index (χ1n) is 4.51. The predicted molar refractivity (Wildman–Crippen MR) is 58.8 cm³/mol. The lowest BCUT2D eigenvalue weighted by Gasteiger charge is -1.98. The third-order valence-corrected chi connectivity index (χ3v) is 1.96. The Balaban J connectivity index is 2.80. The molecule has 0 N–H and O–H groups in total. The van der Waals surface area contributed by atoms with Gasteiger partial charge in [-0.3, -0.25) is 4.99 Å². The molecule has 1 aromatic rings. The van der Waals surface area contributed by atoms with E-state index < -0.39 is 0 Å². The fourth-order valence-corrected chi connectivity index (χ4v) is 0.960. The van der Waals surface area contributed by atoms with Crippen LogP contribution in [0.1, 0.15) is 18.9 Å². The third-order valence-electron chi connectivity index (χ3n) is 1.96. The van der Waals surface area contributed by atoms with Crippen molar-refractivity contribution < 1.29 is 0 Å². The van der Waals surface area contributed by atoms with Crippen molar-refractivity contribution in [3.8, 4) is 0 Å². The molecule has 0 aromatic heterocycles. The molecule has 1 heteroatoms. The molecule has 0 unspecified atom stereocenters. The van der Waals surface area contributed by atoms with Crippen LogP contribution in [-0.4, -0.2) is 6.21 Å². The first-order chi connectivity index (χ1) is 6.24. The van der Waals surface area contributed by atoms with E-state index in [1.54, 1.807) is 0 Å². The van der Waals surface area contributed by atoms with Crippen LogP contribution in [0, 0.1) is 6.92 Å². The van der Waals surface area contributed by atoms with E-state index in [-0.39, 0.29) is 0 Å². The second kappa shape index (κ2) is 4.61. The normalized spacial score (nSPS) is 10.6. The van der Waals surface area contributed by atoms with Gasteiger partial charge in [0.25, 0.3) is 0 Å². The number of nitrogens with zero attached hydrogens (tertiary/aromatic N) is 1. The molecular formula is C12H15N. The fraction of sp³-hybridized carbons (Fsp3) is 0.250. The lowest BCUT2D eigenvalue weighted by molar-refractivity contribution is 1.19. The molecule has 0 aliphatic heterocycles. The van der Waals surface area contributed by atoms with Crippen molar-refractivity contribution >= 4 is 11.9 Å². The second-order valence-electron chi connectivity index (χ2n) is 3.06. The van der Waals surface area contributed by atoms with Crippen LogP contribution in [0.4, 0.5) is 5.69 Å². The minimum atomic E-state index is 0.954. The van der Waals surface area contributed by atoms with E-state index in [2.05, 4.69) is 31.5 Å². The Kier molecular flexibility index (Phi) is 3.44. The molecule has 1 rings (SSSR count). The maximum atomic E-state index is 4.35. The SMILES string of the molecule is C=C(C=Nc1ccccc1C)CC. The standard InChI is InChI=1S/C12H15N/c1-4-10(2)9-13-12-8-6-5-7-11(12)3/h5-9H,2,4H2,1,3H3. The molecule has 0 atom stereocenters. The summed E-state index contributed by atoms with van der Waals surface area (Å²) >= 11 is 0.